The third-order valence-corrected chi connectivity index (χ3v) is 5.85. The van der Waals surface area contributed by atoms with Gasteiger partial charge in [0.05, 0.1) is 13.2 Å². The Balaban J connectivity index is 1.36. The van der Waals surface area contributed by atoms with Crippen molar-refractivity contribution >= 4 is 17.5 Å². The third-order valence-electron chi connectivity index (χ3n) is 5.85. The van der Waals surface area contributed by atoms with Crippen molar-refractivity contribution in [1.29, 1.82) is 0 Å². The van der Waals surface area contributed by atoms with Gasteiger partial charge in [0.1, 0.15) is 11.5 Å². The Labute approximate surface area is 199 Å². The standard InChI is InChI=1S/C27H29N3O4/c1-29-15-16-30(25(18-29)20-7-4-3-5-8-20)27(32)21-11-13-23(14-12-21)34-19-26(31)28-22-9-6-10-24(17-22)33-2/h3-14,17,25H,15-16,18-19H2,1-2H3,(H,28,31). The fraction of sp³-hybridized carbons (Fsp3) is 0.259. The molecule has 1 heterocycles. The minimum Gasteiger partial charge on any atom is -0.497 e. The largest absolute Gasteiger partial charge is 0.497 e. The van der Waals surface area contributed by atoms with Crippen LogP contribution in [-0.4, -0.2) is 62.0 Å². The lowest BCUT2D eigenvalue weighted by Gasteiger charge is -2.40. The number of rotatable bonds is 7. The number of nitrogens with zero attached hydrogens (tertiary/aromatic N) is 2. The molecule has 1 aliphatic rings. The number of ether oxygens (including phenoxy) is 2. The van der Waals surface area contributed by atoms with E-state index in [9.17, 15) is 9.59 Å². The monoisotopic (exact) mass is 459 g/mol. The van der Waals surface area contributed by atoms with Gasteiger partial charge in [0.2, 0.25) is 0 Å². The van der Waals surface area contributed by atoms with E-state index in [0.717, 1.165) is 18.7 Å². The van der Waals surface area contributed by atoms with Crippen molar-refractivity contribution < 1.29 is 19.1 Å². The van der Waals surface area contributed by atoms with Gasteiger partial charge in [-0.05, 0) is 49.0 Å². The summed E-state index contributed by atoms with van der Waals surface area (Å²) in [6.45, 7) is 2.15. The summed E-state index contributed by atoms with van der Waals surface area (Å²) in [7, 11) is 3.65. The maximum Gasteiger partial charge on any atom is 0.262 e. The van der Waals surface area contributed by atoms with Crippen LogP contribution in [0.2, 0.25) is 0 Å². The molecule has 0 bridgehead atoms. The van der Waals surface area contributed by atoms with E-state index in [2.05, 4.69) is 29.4 Å². The van der Waals surface area contributed by atoms with Gasteiger partial charge in [0.15, 0.2) is 6.61 Å². The van der Waals surface area contributed by atoms with E-state index in [4.69, 9.17) is 9.47 Å². The Bertz CT molecular complexity index is 1120. The number of benzene rings is 3. The van der Waals surface area contributed by atoms with Crippen molar-refractivity contribution in [2.75, 3.05) is 45.7 Å². The van der Waals surface area contributed by atoms with Crippen LogP contribution >= 0.6 is 0 Å². The van der Waals surface area contributed by atoms with Crippen molar-refractivity contribution in [1.82, 2.24) is 9.80 Å². The first-order chi connectivity index (χ1) is 16.5. The van der Waals surface area contributed by atoms with Crippen molar-refractivity contribution in [3.63, 3.8) is 0 Å². The van der Waals surface area contributed by atoms with E-state index in [1.54, 1.807) is 55.6 Å². The molecule has 1 unspecified atom stereocenters. The summed E-state index contributed by atoms with van der Waals surface area (Å²) < 4.78 is 10.8. The summed E-state index contributed by atoms with van der Waals surface area (Å²) in [4.78, 5) is 29.7. The molecule has 1 fully saturated rings. The first-order valence-electron chi connectivity index (χ1n) is 11.2. The summed E-state index contributed by atoms with van der Waals surface area (Å²) in [5.74, 6) is 0.893. The van der Waals surface area contributed by atoms with Gasteiger partial charge in [-0.25, -0.2) is 0 Å². The molecule has 0 spiro atoms. The van der Waals surface area contributed by atoms with Crippen molar-refractivity contribution in [2.45, 2.75) is 6.04 Å². The van der Waals surface area contributed by atoms with E-state index >= 15 is 0 Å². The summed E-state index contributed by atoms with van der Waals surface area (Å²) in [5, 5.41) is 2.77. The molecule has 34 heavy (non-hydrogen) atoms. The summed E-state index contributed by atoms with van der Waals surface area (Å²) in [6.07, 6.45) is 0. The Morgan fingerprint density at radius 2 is 1.71 bits per heavy atom. The zero-order valence-electron chi connectivity index (χ0n) is 19.4. The molecule has 3 aromatic rings. The molecule has 4 rings (SSSR count). The highest BCUT2D eigenvalue weighted by Crippen LogP contribution is 2.27. The normalized spacial score (nSPS) is 16.1. The van der Waals surface area contributed by atoms with Gasteiger partial charge in [-0.2, -0.15) is 0 Å². The predicted molar refractivity (Wildman–Crippen MR) is 131 cm³/mol. The fourth-order valence-electron chi connectivity index (χ4n) is 4.03. The first kappa shape index (κ1) is 23.3. The number of likely N-dealkylation sites (N-methyl/N-ethyl adjacent to an activating group) is 1. The molecular formula is C27H29N3O4. The van der Waals surface area contributed by atoms with Crippen LogP contribution in [0, 0.1) is 0 Å². The van der Waals surface area contributed by atoms with Gasteiger partial charge in [-0.3, -0.25) is 9.59 Å². The topological polar surface area (TPSA) is 71.1 Å². The van der Waals surface area contributed by atoms with E-state index in [0.29, 0.717) is 29.3 Å². The smallest absolute Gasteiger partial charge is 0.262 e. The molecule has 0 radical (unpaired) electrons. The number of piperazine rings is 1. The fourth-order valence-corrected chi connectivity index (χ4v) is 4.03. The number of hydrogen-bond donors (Lipinski definition) is 1. The van der Waals surface area contributed by atoms with E-state index in [1.807, 2.05) is 23.1 Å². The Morgan fingerprint density at radius 3 is 2.44 bits per heavy atom. The maximum atomic E-state index is 13.3. The van der Waals surface area contributed by atoms with E-state index in [1.165, 1.54) is 0 Å². The number of carbonyl (C=O) groups is 2. The minimum atomic E-state index is -0.281. The highest BCUT2D eigenvalue weighted by Gasteiger charge is 2.30. The molecule has 0 saturated carbocycles. The second kappa shape index (κ2) is 10.9. The van der Waals surface area contributed by atoms with Crippen LogP contribution in [0.5, 0.6) is 11.5 Å². The molecule has 7 heteroatoms. The summed E-state index contributed by atoms with van der Waals surface area (Å²) >= 11 is 0. The molecule has 7 nitrogen and oxygen atoms in total. The SMILES string of the molecule is COc1cccc(NC(=O)COc2ccc(C(=O)N3CCN(C)CC3c3ccccc3)cc2)c1. The molecular weight excluding hydrogens is 430 g/mol. The Morgan fingerprint density at radius 1 is 0.941 bits per heavy atom. The number of anilines is 1. The molecule has 1 aliphatic heterocycles. The molecule has 1 atom stereocenters. The zero-order valence-corrected chi connectivity index (χ0v) is 19.4. The second-order valence-corrected chi connectivity index (χ2v) is 8.28. The molecule has 2 amide bonds. The molecule has 176 valence electrons. The molecule has 1 saturated heterocycles. The lowest BCUT2D eigenvalue weighted by molar-refractivity contribution is -0.118. The number of methoxy groups -OCH3 is 1. The van der Waals surface area contributed by atoms with Gasteiger partial charge in [0, 0.05) is 37.0 Å². The quantitative estimate of drug-likeness (QED) is 0.581. The molecule has 0 aliphatic carbocycles. The number of nitrogens with one attached hydrogen (secondary N) is 1. The van der Waals surface area contributed by atoms with Crippen LogP contribution in [0.15, 0.2) is 78.9 Å². The zero-order chi connectivity index (χ0) is 23.9. The van der Waals surface area contributed by atoms with Gasteiger partial charge >= 0.3 is 0 Å². The number of hydrogen-bond acceptors (Lipinski definition) is 5. The van der Waals surface area contributed by atoms with Crippen LogP contribution in [0.4, 0.5) is 5.69 Å². The Hall–Kier alpha value is -3.84. The number of carbonyl (C=O) groups excluding carboxylic acids is 2. The van der Waals surface area contributed by atoms with Gasteiger partial charge in [-0.1, -0.05) is 36.4 Å². The maximum absolute atomic E-state index is 13.3. The first-order valence-corrected chi connectivity index (χ1v) is 11.2. The highest BCUT2D eigenvalue weighted by molar-refractivity contribution is 5.95. The van der Waals surface area contributed by atoms with Crippen LogP contribution < -0.4 is 14.8 Å². The highest BCUT2D eigenvalue weighted by atomic mass is 16.5. The van der Waals surface area contributed by atoms with Crippen molar-refractivity contribution in [3.05, 3.63) is 90.0 Å². The lowest BCUT2D eigenvalue weighted by atomic mass is 10.0. The van der Waals surface area contributed by atoms with Crippen LogP contribution in [0.25, 0.3) is 0 Å². The lowest BCUT2D eigenvalue weighted by Crippen LogP contribution is -2.49. The summed E-state index contributed by atoms with van der Waals surface area (Å²) in [6, 6.07) is 24.2. The minimum absolute atomic E-state index is 0.00341. The van der Waals surface area contributed by atoms with E-state index in [-0.39, 0.29) is 24.5 Å². The van der Waals surface area contributed by atoms with Crippen LogP contribution in [-0.2, 0) is 4.79 Å². The average molecular weight is 460 g/mol. The number of amides is 2. The van der Waals surface area contributed by atoms with Gasteiger partial charge in [-0.15, -0.1) is 0 Å². The van der Waals surface area contributed by atoms with Gasteiger partial charge < -0.3 is 24.6 Å². The summed E-state index contributed by atoms with van der Waals surface area (Å²) in [5.41, 5.74) is 2.36. The van der Waals surface area contributed by atoms with Gasteiger partial charge in [0.25, 0.3) is 11.8 Å². The van der Waals surface area contributed by atoms with Crippen LogP contribution in [0.3, 0.4) is 0 Å². The third kappa shape index (κ3) is 5.74. The second-order valence-electron chi connectivity index (χ2n) is 8.28. The van der Waals surface area contributed by atoms with E-state index < -0.39 is 0 Å². The van der Waals surface area contributed by atoms with Crippen molar-refractivity contribution in [3.8, 4) is 11.5 Å². The predicted octanol–water partition coefficient (Wildman–Crippen LogP) is 3.84. The average Bonchev–Trinajstić information content (AvgIpc) is 2.88. The van der Waals surface area contributed by atoms with Crippen LogP contribution in [0.1, 0.15) is 22.0 Å². The molecule has 3 aromatic carbocycles. The Kier molecular flexibility index (Phi) is 7.44. The molecule has 0 aromatic heterocycles. The molecule has 1 N–H and O–H groups in total. The van der Waals surface area contributed by atoms with Crippen molar-refractivity contribution in [2.24, 2.45) is 0 Å².